The number of aryl methyl sites for hydroxylation is 2. The second-order valence-electron chi connectivity index (χ2n) is 10.1. The number of carboxylic acids is 2. The highest BCUT2D eigenvalue weighted by Gasteiger charge is 2.49. The van der Waals surface area contributed by atoms with Crippen molar-refractivity contribution in [2.24, 2.45) is 5.41 Å². The van der Waals surface area contributed by atoms with Gasteiger partial charge in [-0.3, -0.25) is 14.4 Å². The van der Waals surface area contributed by atoms with Crippen molar-refractivity contribution in [1.82, 2.24) is 14.5 Å². The van der Waals surface area contributed by atoms with E-state index in [9.17, 15) is 34.2 Å². The minimum atomic E-state index is -1.93. The van der Waals surface area contributed by atoms with Crippen molar-refractivity contribution < 1.29 is 44.0 Å². The summed E-state index contributed by atoms with van der Waals surface area (Å²) in [6.45, 7) is 7.41. The number of pyridine rings is 2. The van der Waals surface area contributed by atoms with Crippen LogP contribution in [0.1, 0.15) is 55.9 Å². The lowest BCUT2D eigenvalue weighted by molar-refractivity contribution is -0.168. The number of aliphatic carboxylic acids is 2. The number of nitrogens with zero attached hydrogens (tertiary/aromatic N) is 3. The molecule has 0 atom stereocenters. The van der Waals surface area contributed by atoms with Gasteiger partial charge in [0.1, 0.15) is 12.4 Å². The summed E-state index contributed by atoms with van der Waals surface area (Å²) in [6, 6.07) is 6.77. The molecule has 13 heteroatoms. The van der Waals surface area contributed by atoms with Gasteiger partial charge < -0.3 is 34.3 Å². The molecule has 43 heavy (non-hydrogen) atoms. The molecule has 228 valence electrons. The lowest BCUT2D eigenvalue weighted by atomic mass is 9.78. The minimum absolute atomic E-state index is 0.0772. The van der Waals surface area contributed by atoms with Gasteiger partial charge in [-0.25, -0.2) is 14.6 Å². The first-order valence-corrected chi connectivity index (χ1v) is 13.9. The molecule has 5 rings (SSSR count). The fraction of sp³-hybridized carbons (Fsp3) is 0.400. The zero-order valence-corrected chi connectivity index (χ0v) is 24.3. The molecule has 0 saturated carbocycles. The van der Waals surface area contributed by atoms with E-state index in [4.69, 9.17) is 14.8 Å². The number of ether oxygens (including phenoxy) is 2. The summed E-state index contributed by atoms with van der Waals surface area (Å²) in [6.07, 6.45) is -2.06. The molecule has 1 fully saturated rings. The maximum absolute atomic E-state index is 13.2. The largest absolute Gasteiger partial charge is 0.506 e. The Morgan fingerprint density at radius 2 is 1.65 bits per heavy atom. The molecule has 0 aliphatic carbocycles. The van der Waals surface area contributed by atoms with E-state index in [2.05, 4.69) is 4.74 Å². The number of rotatable bonds is 6. The van der Waals surface area contributed by atoms with E-state index in [0.717, 1.165) is 16.5 Å². The molecule has 2 aliphatic heterocycles. The third-order valence-electron chi connectivity index (χ3n) is 7.95. The van der Waals surface area contributed by atoms with E-state index in [0.29, 0.717) is 28.9 Å². The highest BCUT2D eigenvalue weighted by molar-refractivity contribution is 5.98. The lowest BCUT2D eigenvalue weighted by Crippen LogP contribution is -2.51. The topological polar surface area (TPSA) is 186 Å². The van der Waals surface area contributed by atoms with E-state index in [1.807, 2.05) is 20.8 Å². The molecular formula is C30H33N3O10. The molecule has 1 aromatic carbocycles. The second-order valence-corrected chi connectivity index (χ2v) is 10.1. The zero-order valence-electron chi connectivity index (χ0n) is 24.3. The first kappa shape index (κ1) is 31.0. The average Bonchev–Trinajstić information content (AvgIpc) is 3.34. The molecule has 3 N–H and O–H groups in total. The first-order valence-electron chi connectivity index (χ1n) is 13.9. The van der Waals surface area contributed by atoms with Crippen molar-refractivity contribution in [3.05, 3.63) is 56.9 Å². The molecular weight excluding hydrogens is 562 g/mol. The number of hydrogen-bond donors (Lipinski definition) is 3. The number of aromatic nitrogens is 2. The lowest BCUT2D eigenvalue weighted by Gasteiger charge is -2.35. The molecule has 2 aliphatic rings. The Balaban J connectivity index is 0.00000207. The average molecular weight is 596 g/mol. The van der Waals surface area contributed by atoms with Crippen LogP contribution in [0.3, 0.4) is 0 Å². The predicted octanol–water partition coefficient (Wildman–Crippen LogP) is 4.27. The van der Waals surface area contributed by atoms with Crippen LogP contribution in [-0.2, 0) is 33.9 Å². The van der Waals surface area contributed by atoms with Gasteiger partial charge >= 0.3 is 24.2 Å². The van der Waals surface area contributed by atoms with Gasteiger partial charge in [0.2, 0.25) is 0 Å². The molecule has 0 unspecified atom stereocenters. The van der Waals surface area contributed by atoms with Crippen LogP contribution in [0.4, 0.5) is 9.59 Å². The van der Waals surface area contributed by atoms with Crippen LogP contribution < -0.4 is 10.3 Å². The molecule has 4 heterocycles. The van der Waals surface area contributed by atoms with Crippen LogP contribution in [0.2, 0.25) is 0 Å². The predicted molar refractivity (Wildman–Crippen MR) is 153 cm³/mol. The van der Waals surface area contributed by atoms with Crippen molar-refractivity contribution in [3.8, 4) is 17.1 Å². The normalized spacial score (nSPS) is 14.7. The maximum atomic E-state index is 13.2. The third-order valence-corrected chi connectivity index (χ3v) is 7.95. The molecule has 2 aromatic heterocycles. The smallest absolute Gasteiger partial charge is 0.480 e. The van der Waals surface area contributed by atoms with Crippen LogP contribution in [0.15, 0.2) is 29.1 Å². The third kappa shape index (κ3) is 5.49. The van der Waals surface area contributed by atoms with Gasteiger partial charge in [-0.2, -0.15) is 0 Å². The molecule has 0 spiro atoms. The van der Waals surface area contributed by atoms with Crippen LogP contribution >= 0.6 is 0 Å². The first-order chi connectivity index (χ1) is 20.5. The van der Waals surface area contributed by atoms with Crippen LogP contribution in [0.5, 0.6) is 5.75 Å². The summed E-state index contributed by atoms with van der Waals surface area (Å²) in [5.74, 6) is -2.61. The van der Waals surface area contributed by atoms with E-state index < -0.39 is 29.6 Å². The fourth-order valence-corrected chi connectivity index (χ4v) is 5.58. The van der Waals surface area contributed by atoms with Crippen LogP contribution in [-0.4, -0.2) is 67.0 Å². The second kappa shape index (κ2) is 12.1. The van der Waals surface area contributed by atoms with Crippen molar-refractivity contribution in [2.75, 3.05) is 13.1 Å². The Bertz CT molecular complexity index is 1670. The van der Waals surface area contributed by atoms with E-state index in [-0.39, 0.29) is 56.0 Å². The van der Waals surface area contributed by atoms with Crippen molar-refractivity contribution in [2.45, 2.75) is 60.1 Å². The van der Waals surface area contributed by atoms with Crippen LogP contribution in [0.25, 0.3) is 22.3 Å². The number of fused-ring (bicyclic) bond motifs is 4. The van der Waals surface area contributed by atoms with Crippen molar-refractivity contribution in [3.63, 3.8) is 0 Å². The van der Waals surface area contributed by atoms with Gasteiger partial charge in [0, 0.05) is 24.0 Å². The number of carbonyl (C=O) groups excluding carboxylic acids is 1. The van der Waals surface area contributed by atoms with Gasteiger partial charge in [0.25, 0.3) is 5.56 Å². The zero-order chi connectivity index (χ0) is 31.6. The number of piperidine rings is 1. The van der Waals surface area contributed by atoms with E-state index in [1.165, 1.54) is 4.90 Å². The highest BCUT2D eigenvalue weighted by atomic mass is 16.7. The van der Waals surface area contributed by atoms with E-state index >= 15 is 0 Å². The van der Waals surface area contributed by atoms with Gasteiger partial charge in [-0.1, -0.05) is 20.8 Å². The number of amides is 1. The van der Waals surface area contributed by atoms with Gasteiger partial charge in [-0.15, -0.1) is 0 Å². The number of hydrogen-bond acceptors (Lipinski definition) is 8. The summed E-state index contributed by atoms with van der Waals surface area (Å²) in [4.78, 5) is 66.2. The number of carbonyl (C=O) groups is 4. The Hall–Kier alpha value is -4.94. The minimum Gasteiger partial charge on any atom is -0.480 e. The molecule has 1 amide bonds. The molecule has 3 aromatic rings. The maximum Gasteiger partial charge on any atom is 0.506 e. The fourth-order valence-electron chi connectivity index (χ4n) is 5.58. The summed E-state index contributed by atoms with van der Waals surface area (Å²) in [7, 11) is 0. The summed E-state index contributed by atoms with van der Waals surface area (Å²) in [5, 5.41) is 28.4. The van der Waals surface area contributed by atoms with Crippen molar-refractivity contribution in [1.29, 1.82) is 0 Å². The molecule has 13 nitrogen and oxygen atoms in total. The SMILES string of the molecule is CC.CCc1c2c(nc3ccc(OC(=O)N4CCC(C(=O)O)(C(=O)O)CC4)cc13)-c1cc(C)c(COC(=O)O)c(=O)n1C2. The van der Waals surface area contributed by atoms with Gasteiger partial charge in [0.15, 0.2) is 5.41 Å². The van der Waals surface area contributed by atoms with Gasteiger partial charge in [0.05, 0.1) is 29.0 Å². The number of carboxylic acid groups (broad SMARTS) is 3. The highest BCUT2D eigenvalue weighted by Crippen LogP contribution is 2.38. The van der Waals surface area contributed by atoms with E-state index in [1.54, 1.807) is 35.8 Å². The standard InChI is InChI=1S/C28H27N3O10.C2H6/c1-3-16-17-11-15(41-26(37)30-8-6-28(7-9-30,24(33)34)25(35)36)4-5-20(17)29-22-18(16)12-31-21(22)10-14(2)19(23(31)32)13-40-27(38)39;1-2/h4-5,10-11H,3,6-9,12-13H2,1-2H3,(H,33,34)(H,35,36)(H,38,39);1-2H3. The Kier molecular flexibility index (Phi) is 8.74. The Morgan fingerprint density at radius 3 is 2.23 bits per heavy atom. The molecule has 0 radical (unpaired) electrons. The van der Waals surface area contributed by atoms with Crippen LogP contribution in [0, 0.1) is 12.3 Å². The molecule has 1 saturated heterocycles. The summed E-state index contributed by atoms with van der Waals surface area (Å²) < 4.78 is 11.8. The summed E-state index contributed by atoms with van der Waals surface area (Å²) in [5.41, 5.74) is 2.23. The summed E-state index contributed by atoms with van der Waals surface area (Å²) >= 11 is 0. The number of likely N-dealkylation sites (tertiary alicyclic amines) is 1. The monoisotopic (exact) mass is 595 g/mol. The van der Waals surface area contributed by atoms with Crippen molar-refractivity contribution >= 4 is 35.1 Å². The Morgan fingerprint density at radius 1 is 1.00 bits per heavy atom. The quantitative estimate of drug-likeness (QED) is 0.213. The Labute approximate surface area is 246 Å². The number of benzene rings is 1. The molecule has 0 bridgehead atoms. The van der Waals surface area contributed by atoms with Gasteiger partial charge in [-0.05, 0) is 61.6 Å².